The lowest BCUT2D eigenvalue weighted by atomic mass is 9.71. The van der Waals surface area contributed by atoms with Crippen LogP contribution in [0.15, 0.2) is 53.5 Å². The summed E-state index contributed by atoms with van der Waals surface area (Å²) >= 11 is 0. The molecule has 1 amide bonds. The van der Waals surface area contributed by atoms with E-state index in [1.54, 1.807) is 30.3 Å². The summed E-state index contributed by atoms with van der Waals surface area (Å²) in [6.07, 6.45) is 4.08. The molecule has 0 spiro atoms. The number of nitrogens with one attached hydrogen (secondary N) is 1. The molecular weight excluding hydrogens is 498 g/mol. The molecule has 1 saturated heterocycles. The monoisotopic (exact) mass is 535 g/mol. The number of amides is 1. The number of carboxylic acid groups (broad SMARTS) is 2. The predicted molar refractivity (Wildman–Crippen MR) is 147 cm³/mol. The van der Waals surface area contributed by atoms with Gasteiger partial charge >= 0.3 is 11.9 Å². The van der Waals surface area contributed by atoms with Gasteiger partial charge in [-0.15, -0.1) is 0 Å². The summed E-state index contributed by atoms with van der Waals surface area (Å²) in [5, 5.41) is 20.8. The van der Waals surface area contributed by atoms with Crippen molar-refractivity contribution in [2.45, 2.75) is 65.0 Å². The molecule has 1 aliphatic heterocycles. The van der Waals surface area contributed by atoms with Crippen LogP contribution in [0, 0.1) is 11.3 Å². The van der Waals surface area contributed by atoms with Crippen molar-refractivity contribution < 1.29 is 29.3 Å². The van der Waals surface area contributed by atoms with Crippen LogP contribution in [0.5, 0.6) is 0 Å². The van der Waals surface area contributed by atoms with Gasteiger partial charge in [-0.2, -0.15) is 4.99 Å². The Morgan fingerprint density at radius 3 is 2.31 bits per heavy atom. The third kappa shape index (κ3) is 6.96. The molecule has 1 aliphatic carbocycles. The SMILES string of the molecule is CC(C)(C)C1CCC(N2/C(=N/c3cccc(C(=O)O)c3)OCC2c2ccc(C(=O)NCCC(=O)O)cc2)CC1. The van der Waals surface area contributed by atoms with Crippen LogP contribution in [-0.2, 0) is 9.53 Å². The van der Waals surface area contributed by atoms with E-state index in [1.807, 2.05) is 12.1 Å². The molecule has 1 heterocycles. The van der Waals surface area contributed by atoms with Gasteiger partial charge in [0.05, 0.1) is 23.7 Å². The summed E-state index contributed by atoms with van der Waals surface area (Å²) in [5.74, 6) is -1.65. The zero-order valence-electron chi connectivity index (χ0n) is 22.7. The van der Waals surface area contributed by atoms with Crippen LogP contribution in [0.1, 0.15) is 85.2 Å². The largest absolute Gasteiger partial charge is 0.481 e. The number of carbonyl (C=O) groups excluding carboxylic acids is 1. The number of benzene rings is 2. The molecule has 1 atom stereocenters. The average molecular weight is 536 g/mol. The van der Waals surface area contributed by atoms with Crippen LogP contribution in [-0.4, -0.2) is 58.2 Å². The smallest absolute Gasteiger partial charge is 0.335 e. The van der Waals surface area contributed by atoms with Gasteiger partial charge in [-0.05, 0) is 72.9 Å². The van der Waals surface area contributed by atoms with Crippen LogP contribution in [0.4, 0.5) is 5.69 Å². The number of aliphatic imine (C=N–C) groups is 1. The maximum absolute atomic E-state index is 12.4. The Hall–Kier alpha value is -3.88. The fraction of sp³-hybridized carbons (Fsp3) is 0.467. The zero-order valence-corrected chi connectivity index (χ0v) is 22.7. The molecule has 0 radical (unpaired) electrons. The van der Waals surface area contributed by atoms with Crippen molar-refractivity contribution in [1.29, 1.82) is 0 Å². The first kappa shape index (κ1) is 28.1. The molecule has 9 heteroatoms. The van der Waals surface area contributed by atoms with Crippen molar-refractivity contribution >= 4 is 29.6 Å². The van der Waals surface area contributed by atoms with Gasteiger partial charge in [0.1, 0.15) is 6.61 Å². The molecule has 4 rings (SSSR count). The van der Waals surface area contributed by atoms with Gasteiger partial charge in [0.2, 0.25) is 0 Å². The van der Waals surface area contributed by atoms with Crippen molar-refractivity contribution in [2.24, 2.45) is 16.3 Å². The van der Waals surface area contributed by atoms with Crippen molar-refractivity contribution in [3.63, 3.8) is 0 Å². The number of rotatable bonds is 8. The van der Waals surface area contributed by atoms with E-state index in [0.29, 0.717) is 29.8 Å². The molecule has 9 nitrogen and oxygen atoms in total. The lowest BCUT2D eigenvalue weighted by molar-refractivity contribution is -0.136. The molecule has 3 N–H and O–H groups in total. The fourth-order valence-corrected chi connectivity index (χ4v) is 5.48. The number of aliphatic carboxylic acids is 1. The summed E-state index contributed by atoms with van der Waals surface area (Å²) in [6, 6.07) is 14.4. The minimum atomic E-state index is -1.01. The fourth-order valence-electron chi connectivity index (χ4n) is 5.48. The van der Waals surface area contributed by atoms with E-state index in [1.165, 1.54) is 6.07 Å². The Bertz CT molecular complexity index is 1230. The highest BCUT2D eigenvalue weighted by molar-refractivity contribution is 5.94. The van der Waals surface area contributed by atoms with E-state index < -0.39 is 11.9 Å². The van der Waals surface area contributed by atoms with E-state index in [9.17, 15) is 19.5 Å². The summed E-state index contributed by atoms with van der Waals surface area (Å²) < 4.78 is 6.13. The van der Waals surface area contributed by atoms with Crippen LogP contribution in [0.25, 0.3) is 0 Å². The first-order valence-corrected chi connectivity index (χ1v) is 13.5. The highest BCUT2D eigenvalue weighted by Crippen LogP contribution is 2.42. The normalized spacial score (nSPS) is 22.4. The Kier molecular flexibility index (Phi) is 8.57. The second kappa shape index (κ2) is 11.9. The number of amidine groups is 1. The van der Waals surface area contributed by atoms with Gasteiger partial charge in [-0.25, -0.2) is 4.79 Å². The highest BCUT2D eigenvalue weighted by atomic mass is 16.5. The number of carboxylic acids is 2. The molecule has 1 saturated carbocycles. The molecule has 2 aromatic rings. The van der Waals surface area contributed by atoms with Gasteiger partial charge < -0.3 is 25.2 Å². The Morgan fingerprint density at radius 1 is 1.00 bits per heavy atom. The molecule has 39 heavy (non-hydrogen) atoms. The Balaban J connectivity index is 1.58. The average Bonchev–Trinajstić information content (AvgIpc) is 3.31. The summed E-state index contributed by atoms with van der Waals surface area (Å²) in [4.78, 5) is 41.6. The van der Waals surface area contributed by atoms with Gasteiger partial charge in [-0.1, -0.05) is 39.0 Å². The quantitative estimate of drug-likeness (QED) is 0.421. The standard InChI is InChI=1S/C30H37N3O6/c1-30(2,3)22-11-13-24(14-12-22)33-25(18-39-29(33)32-23-6-4-5-21(17-23)28(37)38)19-7-9-20(10-8-19)27(36)31-16-15-26(34)35/h4-10,17,22,24-25H,11-16,18H2,1-3H3,(H,31,36)(H,34,35)(H,37,38)/b32-29-. The van der Waals surface area contributed by atoms with E-state index in [0.717, 1.165) is 31.2 Å². The predicted octanol–water partition coefficient (Wildman–Crippen LogP) is 5.26. The van der Waals surface area contributed by atoms with E-state index in [2.05, 4.69) is 31.0 Å². The van der Waals surface area contributed by atoms with Crippen LogP contribution in [0.2, 0.25) is 0 Å². The third-order valence-corrected chi connectivity index (χ3v) is 7.74. The van der Waals surface area contributed by atoms with E-state index in [-0.39, 0.29) is 41.9 Å². The molecule has 1 unspecified atom stereocenters. The van der Waals surface area contributed by atoms with Gasteiger partial charge in [0, 0.05) is 18.2 Å². The van der Waals surface area contributed by atoms with Crippen molar-refractivity contribution in [2.75, 3.05) is 13.2 Å². The molecular formula is C30H37N3O6. The van der Waals surface area contributed by atoms with Crippen molar-refractivity contribution in [3.8, 4) is 0 Å². The first-order chi connectivity index (χ1) is 18.5. The molecule has 0 bridgehead atoms. The van der Waals surface area contributed by atoms with Crippen LogP contribution in [0.3, 0.4) is 0 Å². The number of aromatic carboxylic acids is 1. The van der Waals surface area contributed by atoms with Crippen LogP contribution >= 0.6 is 0 Å². The molecule has 2 aromatic carbocycles. The maximum atomic E-state index is 12.4. The number of hydrogen-bond donors (Lipinski definition) is 3. The lowest BCUT2D eigenvalue weighted by Gasteiger charge is -2.41. The van der Waals surface area contributed by atoms with Crippen molar-refractivity contribution in [3.05, 3.63) is 65.2 Å². The summed E-state index contributed by atoms with van der Waals surface area (Å²) in [5.41, 5.74) is 2.38. The van der Waals surface area contributed by atoms with E-state index >= 15 is 0 Å². The topological polar surface area (TPSA) is 129 Å². The summed E-state index contributed by atoms with van der Waals surface area (Å²) in [6.45, 7) is 7.34. The minimum Gasteiger partial charge on any atom is -0.481 e. The molecule has 0 aromatic heterocycles. The summed E-state index contributed by atoms with van der Waals surface area (Å²) in [7, 11) is 0. The maximum Gasteiger partial charge on any atom is 0.335 e. The number of nitrogens with zero attached hydrogens (tertiary/aromatic N) is 2. The molecule has 2 aliphatic rings. The number of hydrogen-bond acceptors (Lipinski definition) is 5. The van der Waals surface area contributed by atoms with Gasteiger partial charge in [0.25, 0.3) is 11.9 Å². The molecule has 208 valence electrons. The molecule has 2 fully saturated rings. The third-order valence-electron chi connectivity index (χ3n) is 7.74. The van der Waals surface area contributed by atoms with Crippen LogP contribution < -0.4 is 5.32 Å². The second-order valence-corrected chi connectivity index (χ2v) is 11.4. The van der Waals surface area contributed by atoms with Gasteiger partial charge in [0.15, 0.2) is 0 Å². The number of carbonyl (C=O) groups is 3. The van der Waals surface area contributed by atoms with Crippen molar-refractivity contribution in [1.82, 2.24) is 10.2 Å². The lowest BCUT2D eigenvalue weighted by Crippen LogP contribution is -2.42. The Labute approximate surface area is 228 Å². The second-order valence-electron chi connectivity index (χ2n) is 11.4. The highest BCUT2D eigenvalue weighted by Gasteiger charge is 2.40. The zero-order chi connectivity index (χ0) is 28.2. The minimum absolute atomic E-state index is 0.0697. The van der Waals surface area contributed by atoms with E-state index in [4.69, 9.17) is 14.8 Å². The van der Waals surface area contributed by atoms with Gasteiger partial charge in [-0.3, -0.25) is 9.59 Å². The first-order valence-electron chi connectivity index (χ1n) is 13.5. The Morgan fingerprint density at radius 2 is 1.69 bits per heavy atom. The number of ether oxygens (including phenoxy) is 1.